The summed E-state index contributed by atoms with van der Waals surface area (Å²) in [4.78, 5) is 30.3. The van der Waals surface area contributed by atoms with E-state index in [1.807, 2.05) is 13.1 Å². The van der Waals surface area contributed by atoms with Crippen LogP contribution in [0.1, 0.15) is 66.6 Å². The third-order valence-electron chi connectivity index (χ3n) is 7.35. The van der Waals surface area contributed by atoms with Gasteiger partial charge < -0.3 is 14.8 Å². The number of benzene rings is 2. The molecular weight excluding hydrogens is 574 g/mol. The second-order valence-electron chi connectivity index (χ2n) is 10.2. The lowest BCUT2D eigenvalue weighted by atomic mass is 9.77. The number of halogens is 4. The minimum absolute atomic E-state index is 0.102. The highest BCUT2D eigenvalue weighted by molar-refractivity contribution is 7.20. The van der Waals surface area contributed by atoms with Crippen molar-refractivity contribution in [2.45, 2.75) is 57.9 Å². The second kappa shape index (κ2) is 12.5. The number of fused-ring (bicyclic) bond motifs is 1. The number of thiazole rings is 1. The number of rotatable bonds is 9. The zero-order valence-electron chi connectivity index (χ0n) is 22.7. The van der Waals surface area contributed by atoms with Crippen molar-refractivity contribution in [1.29, 1.82) is 0 Å². The fourth-order valence-electron chi connectivity index (χ4n) is 5.26. The Morgan fingerprint density at radius 3 is 2.48 bits per heavy atom. The van der Waals surface area contributed by atoms with Crippen LogP contribution in [0.4, 0.5) is 17.6 Å². The molecule has 4 aromatic rings. The van der Waals surface area contributed by atoms with E-state index in [4.69, 9.17) is 4.74 Å². The number of esters is 1. The fourth-order valence-corrected chi connectivity index (χ4v) is 6.24. The van der Waals surface area contributed by atoms with Crippen LogP contribution in [0.15, 0.2) is 54.9 Å². The Hall–Kier alpha value is -3.93. The topological polar surface area (TPSA) is 81.9 Å². The Labute approximate surface area is 243 Å². The maximum absolute atomic E-state index is 14.1. The monoisotopic (exact) mass is 603 g/mol. The Bertz CT molecular complexity index is 1530. The average Bonchev–Trinajstić information content (AvgIpc) is 3.53. The SMILES string of the molecule is CCOC(=O)CC1CCC(c2ccc(-c3cn4cc(C(=O)NCc5cc(OC(F)(F)F)ccc5F)nc4s3)cc2)CC1. The molecule has 42 heavy (non-hydrogen) atoms. The summed E-state index contributed by atoms with van der Waals surface area (Å²) in [5.74, 6) is -1.19. The molecule has 2 aromatic heterocycles. The Balaban J connectivity index is 1.17. The van der Waals surface area contributed by atoms with E-state index < -0.39 is 23.8 Å². The number of aromatic nitrogens is 2. The van der Waals surface area contributed by atoms with Crippen molar-refractivity contribution in [3.8, 4) is 16.2 Å². The smallest absolute Gasteiger partial charge is 0.466 e. The van der Waals surface area contributed by atoms with Gasteiger partial charge in [0.1, 0.15) is 17.3 Å². The summed E-state index contributed by atoms with van der Waals surface area (Å²) in [5, 5.41) is 2.49. The first-order valence-electron chi connectivity index (χ1n) is 13.6. The van der Waals surface area contributed by atoms with Crippen LogP contribution < -0.4 is 10.1 Å². The van der Waals surface area contributed by atoms with E-state index in [0.717, 1.165) is 54.3 Å². The number of alkyl halides is 3. The summed E-state index contributed by atoms with van der Waals surface area (Å²) in [7, 11) is 0. The molecule has 2 aromatic carbocycles. The molecule has 1 N–H and O–H groups in total. The lowest BCUT2D eigenvalue weighted by Crippen LogP contribution is -2.24. The van der Waals surface area contributed by atoms with E-state index in [1.165, 1.54) is 16.9 Å². The lowest BCUT2D eigenvalue weighted by molar-refractivity contribution is -0.274. The first-order chi connectivity index (χ1) is 20.1. The first kappa shape index (κ1) is 29.6. The second-order valence-corrected chi connectivity index (χ2v) is 11.3. The molecule has 1 saturated carbocycles. The number of nitrogens with zero attached hydrogens (tertiary/aromatic N) is 2. The van der Waals surface area contributed by atoms with Crippen LogP contribution >= 0.6 is 11.3 Å². The van der Waals surface area contributed by atoms with Crippen LogP contribution in [0.2, 0.25) is 0 Å². The standard InChI is InChI=1S/C30H29F4N3O4S/c1-2-40-27(38)13-18-3-5-19(6-4-18)20-7-9-21(10-8-20)26-17-37-16-25(36-29(37)42-26)28(39)35-15-22-14-23(11-12-24(22)31)41-30(32,33)34/h7-12,14,16-19H,2-6,13,15H2,1H3,(H,35,39). The summed E-state index contributed by atoms with van der Waals surface area (Å²) in [6.45, 7) is 1.90. The van der Waals surface area contributed by atoms with E-state index in [2.05, 4.69) is 39.3 Å². The molecule has 0 aliphatic heterocycles. The van der Waals surface area contributed by atoms with Crippen molar-refractivity contribution >= 4 is 28.2 Å². The zero-order valence-corrected chi connectivity index (χ0v) is 23.6. The molecule has 5 rings (SSSR count). The highest BCUT2D eigenvalue weighted by Gasteiger charge is 2.31. The van der Waals surface area contributed by atoms with Gasteiger partial charge in [-0.25, -0.2) is 9.37 Å². The molecule has 0 spiro atoms. The number of hydrogen-bond acceptors (Lipinski definition) is 6. The number of carbonyl (C=O) groups is 2. The van der Waals surface area contributed by atoms with Gasteiger partial charge in [0.25, 0.3) is 5.91 Å². The molecule has 0 radical (unpaired) electrons. The van der Waals surface area contributed by atoms with E-state index in [0.29, 0.717) is 29.8 Å². The van der Waals surface area contributed by atoms with Gasteiger partial charge in [-0.1, -0.05) is 35.6 Å². The molecule has 2 heterocycles. The van der Waals surface area contributed by atoms with E-state index in [9.17, 15) is 27.2 Å². The fraction of sp³-hybridized carbons (Fsp3) is 0.367. The number of hydrogen-bond donors (Lipinski definition) is 1. The zero-order chi connectivity index (χ0) is 29.9. The molecule has 0 unspecified atom stereocenters. The average molecular weight is 604 g/mol. The molecule has 12 heteroatoms. The highest BCUT2D eigenvalue weighted by Crippen LogP contribution is 2.38. The number of amides is 1. The van der Waals surface area contributed by atoms with Crippen molar-refractivity contribution in [2.75, 3.05) is 6.61 Å². The van der Waals surface area contributed by atoms with Gasteiger partial charge in [-0.15, -0.1) is 13.2 Å². The van der Waals surface area contributed by atoms with E-state index in [-0.39, 0.29) is 23.8 Å². The third kappa shape index (κ3) is 7.28. The summed E-state index contributed by atoms with van der Waals surface area (Å²) in [6.07, 6.45) is 3.12. The van der Waals surface area contributed by atoms with Gasteiger partial charge in [-0.05, 0) is 73.8 Å². The van der Waals surface area contributed by atoms with Gasteiger partial charge in [0, 0.05) is 30.9 Å². The van der Waals surface area contributed by atoms with Gasteiger partial charge in [0.15, 0.2) is 4.96 Å². The van der Waals surface area contributed by atoms with Gasteiger partial charge in [0.05, 0.1) is 11.5 Å². The third-order valence-corrected chi connectivity index (χ3v) is 8.40. The van der Waals surface area contributed by atoms with Gasteiger partial charge >= 0.3 is 12.3 Å². The highest BCUT2D eigenvalue weighted by atomic mass is 32.1. The van der Waals surface area contributed by atoms with Crippen molar-refractivity contribution in [1.82, 2.24) is 14.7 Å². The van der Waals surface area contributed by atoms with Crippen molar-refractivity contribution < 1.29 is 36.6 Å². The molecule has 1 amide bonds. The summed E-state index contributed by atoms with van der Waals surface area (Å²) >= 11 is 1.41. The molecule has 0 atom stereocenters. The molecule has 0 saturated heterocycles. The molecule has 1 aliphatic carbocycles. The van der Waals surface area contributed by atoms with E-state index in [1.54, 1.807) is 10.6 Å². The van der Waals surface area contributed by atoms with Crippen molar-refractivity contribution in [2.24, 2.45) is 5.92 Å². The van der Waals surface area contributed by atoms with Gasteiger partial charge in [0.2, 0.25) is 0 Å². The Morgan fingerprint density at radius 2 is 1.81 bits per heavy atom. The van der Waals surface area contributed by atoms with Crippen LogP contribution in [-0.4, -0.2) is 34.2 Å². The minimum atomic E-state index is -4.91. The molecule has 7 nitrogen and oxygen atoms in total. The van der Waals surface area contributed by atoms with Gasteiger partial charge in [-0.2, -0.15) is 0 Å². The first-order valence-corrected chi connectivity index (χ1v) is 14.5. The summed E-state index contributed by atoms with van der Waals surface area (Å²) in [6, 6.07) is 11.0. The van der Waals surface area contributed by atoms with Crippen LogP contribution in [-0.2, 0) is 16.1 Å². The summed E-state index contributed by atoms with van der Waals surface area (Å²) < 4.78 is 62.1. The maximum Gasteiger partial charge on any atom is 0.573 e. The molecule has 0 bridgehead atoms. The summed E-state index contributed by atoms with van der Waals surface area (Å²) in [5.41, 5.74) is 2.25. The maximum atomic E-state index is 14.1. The number of ether oxygens (including phenoxy) is 2. The van der Waals surface area contributed by atoms with Crippen LogP contribution in [0.3, 0.4) is 0 Å². The number of carbonyl (C=O) groups excluding carboxylic acids is 2. The van der Waals surface area contributed by atoms with Crippen LogP contribution in [0, 0.1) is 11.7 Å². The molecule has 1 fully saturated rings. The Kier molecular flexibility index (Phi) is 8.81. The van der Waals surface area contributed by atoms with Crippen molar-refractivity contribution in [3.05, 3.63) is 77.5 Å². The molecular formula is C30H29F4N3O4S. The molecule has 1 aliphatic rings. The Morgan fingerprint density at radius 1 is 1.07 bits per heavy atom. The largest absolute Gasteiger partial charge is 0.573 e. The van der Waals surface area contributed by atoms with Crippen LogP contribution in [0.25, 0.3) is 15.4 Å². The quantitative estimate of drug-likeness (QED) is 0.161. The number of imidazole rings is 1. The number of nitrogens with one attached hydrogen (secondary N) is 1. The normalized spacial score (nSPS) is 17.3. The minimum Gasteiger partial charge on any atom is -0.466 e. The van der Waals surface area contributed by atoms with Crippen LogP contribution in [0.5, 0.6) is 5.75 Å². The molecule has 222 valence electrons. The predicted octanol–water partition coefficient (Wildman–Crippen LogP) is 7.26. The van der Waals surface area contributed by atoms with Gasteiger partial charge in [-0.3, -0.25) is 14.0 Å². The van der Waals surface area contributed by atoms with E-state index >= 15 is 0 Å². The predicted molar refractivity (Wildman–Crippen MR) is 149 cm³/mol. The lowest BCUT2D eigenvalue weighted by Gasteiger charge is -2.28. The van der Waals surface area contributed by atoms with Crippen molar-refractivity contribution in [3.63, 3.8) is 0 Å².